The predicted octanol–water partition coefficient (Wildman–Crippen LogP) is 3.21. The molecule has 2 aromatic rings. The fourth-order valence-electron chi connectivity index (χ4n) is 1.75. The van der Waals surface area contributed by atoms with Crippen molar-refractivity contribution in [3.63, 3.8) is 0 Å². The van der Waals surface area contributed by atoms with E-state index in [0.717, 1.165) is 27.2 Å². The molecule has 1 atom stereocenters. The van der Waals surface area contributed by atoms with Crippen LogP contribution in [0.1, 0.15) is 24.4 Å². The van der Waals surface area contributed by atoms with Crippen LogP contribution in [0.5, 0.6) is 0 Å². The monoisotopic (exact) mass is 293 g/mol. The second-order valence-electron chi connectivity index (χ2n) is 4.24. The van der Waals surface area contributed by atoms with Crippen LogP contribution in [-0.2, 0) is 0 Å². The molecule has 1 heterocycles. The van der Waals surface area contributed by atoms with E-state index in [-0.39, 0.29) is 5.92 Å². The number of nitrogens with zero attached hydrogens (tertiary/aromatic N) is 1. The summed E-state index contributed by atoms with van der Waals surface area (Å²) in [6, 6.07) is 8.15. The topological polar surface area (TPSA) is 54.7 Å². The van der Waals surface area contributed by atoms with Crippen LogP contribution in [0, 0.1) is 6.92 Å². The highest BCUT2D eigenvalue weighted by molar-refractivity contribution is 9.10. The number of hydrogen-bond acceptors (Lipinski definition) is 2. The van der Waals surface area contributed by atoms with Gasteiger partial charge in [0, 0.05) is 28.2 Å². The number of aromatic amines is 1. The van der Waals surface area contributed by atoms with Crippen molar-refractivity contribution >= 4 is 15.9 Å². The lowest BCUT2D eigenvalue weighted by molar-refractivity contribution is 0.723. The van der Waals surface area contributed by atoms with E-state index in [1.165, 1.54) is 0 Å². The molecule has 2 rings (SSSR count). The number of rotatable bonds is 3. The van der Waals surface area contributed by atoms with Gasteiger partial charge in [-0.2, -0.15) is 0 Å². The molecule has 0 radical (unpaired) electrons. The molecule has 0 aliphatic carbocycles. The second-order valence-corrected chi connectivity index (χ2v) is 5.16. The van der Waals surface area contributed by atoms with Crippen molar-refractivity contribution in [2.75, 3.05) is 6.54 Å². The van der Waals surface area contributed by atoms with E-state index in [0.29, 0.717) is 6.54 Å². The van der Waals surface area contributed by atoms with E-state index in [2.05, 4.69) is 45.0 Å². The third-order valence-corrected chi connectivity index (χ3v) is 3.31. The average molecular weight is 294 g/mol. The van der Waals surface area contributed by atoms with E-state index < -0.39 is 0 Å². The number of aromatic nitrogens is 2. The van der Waals surface area contributed by atoms with Gasteiger partial charge in [0.15, 0.2) is 0 Å². The van der Waals surface area contributed by atoms with Crippen LogP contribution >= 0.6 is 15.9 Å². The minimum Gasteiger partial charge on any atom is -0.345 e. The van der Waals surface area contributed by atoms with Crippen molar-refractivity contribution < 1.29 is 0 Å². The Kier molecular flexibility index (Phi) is 3.64. The molecule has 1 aromatic heterocycles. The number of benzene rings is 1. The molecular formula is C13H16BrN3. The van der Waals surface area contributed by atoms with Crippen LogP contribution in [0.15, 0.2) is 28.7 Å². The number of nitrogens with two attached hydrogens (primary N) is 1. The van der Waals surface area contributed by atoms with Gasteiger partial charge in [-0.05, 0) is 19.1 Å². The Labute approximate surface area is 110 Å². The zero-order valence-corrected chi connectivity index (χ0v) is 11.6. The maximum atomic E-state index is 5.66. The number of hydrogen-bond donors (Lipinski definition) is 2. The molecule has 0 fully saturated rings. The number of halogens is 1. The van der Waals surface area contributed by atoms with Crippen molar-refractivity contribution in [2.45, 2.75) is 19.8 Å². The Morgan fingerprint density at radius 2 is 2.24 bits per heavy atom. The van der Waals surface area contributed by atoms with Gasteiger partial charge in [0.05, 0.1) is 5.69 Å². The molecule has 3 N–H and O–H groups in total. The van der Waals surface area contributed by atoms with Crippen molar-refractivity contribution in [3.05, 3.63) is 40.3 Å². The van der Waals surface area contributed by atoms with E-state index in [1.807, 2.05) is 19.1 Å². The van der Waals surface area contributed by atoms with Crippen LogP contribution in [0.25, 0.3) is 11.3 Å². The van der Waals surface area contributed by atoms with E-state index in [9.17, 15) is 0 Å². The molecule has 3 nitrogen and oxygen atoms in total. The van der Waals surface area contributed by atoms with Crippen LogP contribution in [0.3, 0.4) is 0 Å². The summed E-state index contributed by atoms with van der Waals surface area (Å²) in [6.45, 7) is 4.71. The largest absolute Gasteiger partial charge is 0.345 e. The van der Waals surface area contributed by atoms with E-state index >= 15 is 0 Å². The van der Waals surface area contributed by atoms with Gasteiger partial charge in [-0.25, -0.2) is 4.98 Å². The zero-order chi connectivity index (χ0) is 12.4. The lowest BCUT2D eigenvalue weighted by Gasteiger charge is -2.02. The molecule has 4 heteroatoms. The Hall–Kier alpha value is -1.13. The molecule has 0 aliphatic heterocycles. The Morgan fingerprint density at radius 3 is 2.88 bits per heavy atom. The van der Waals surface area contributed by atoms with Crippen molar-refractivity contribution in [3.8, 4) is 11.3 Å². The number of aryl methyl sites for hydroxylation is 1. The molecule has 17 heavy (non-hydrogen) atoms. The first-order valence-electron chi connectivity index (χ1n) is 5.64. The maximum Gasteiger partial charge on any atom is 0.111 e. The SMILES string of the molecule is Cc1[nH]c(C(C)CN)nc1-c1cccc(Br)c1. The third kappa shape index (κ3) is 2.58. The highest BCUT2D eigenvalue weighted by Gasteiger charge is 2.12. The summed E-state index contributed by atoms with van der Waals surface area (Å²) in [4.78, 5) is 7.94. The predicted molar refractivity (Wildman–Crippen MR) is 73.9 cm³/mol. The molecule has 0 bridgehead atoms. The Morgan fingerprint density at radius 1 is 1.47 bits per heavy atom. The van der Waals surface area contributed by atoms with Crippen LogP contribution in [0.2, 0.25) is 0 Å². The molecule has 0 amide bonds. The standard InChI is InChI=1S/C13H16BrN3/c1-8(7-15)13-16-9(2)12(17-13)10-4-3-5-11(14)6-10/h3-6,8H,7,15H2,1-2H3,(H,16,17). The molecule has 0 spiro atoms. The quantitative estimate of drug-likeness (QED) is 0.913. The van der Waals surface area contributed by atoms with E-state index in [4.69, 9.17) is 5.73 Å². The lowest BCUT2D eigenvalue weighted by Crippen LogP contribution is -2.10. The zero-order valence-electron chi connectivity index (χ0n) is 10.00. The summed E-state index contributed by atoms with van der Waals surface area (Å²) >= 11 is 3.48. The van der Waals surface area contributed by atoms with Crippen molar-refractivity contribution in [2.24, 2.45) is 5.73 Å². The van der Waals surface area contributed by atoms with Gasteiger partial charge in [-0.1, -0.05) is 35.0 Å². The van der Waals surface area contributed by atoms with Crippen LogP contribution < -0.4 is 5.73 Å². The van der Waals surface area contributed by atoms with Crippen molar-refractivity contribution in [1.82, 2.24) is 9.97 Å². The summed E-state index contributed by atoms with van der Waals surface area (Å²) in [7, 11) is 0. The van der Waals surface area contributed by atoms with Crippen LogP contribution in [0.4, 0.5) is 0 Å². The lowest BCUT2D eigenvalue weighted by atomic mass is 10.1. The van der Waals surface area contributed by atoms with Gasteiger partial charge in [-0.3, -0.25) is 0 Å². The van der Waals surface area contributed by atoms with Gasteiger partial charge in [0.25, 0.3) is 0 Å². The number of nitrogens with one attached hydrogen (secondary N) is 1. The van der Waals surface area contributed by atoms with Gasteiger partial charge in [-0.15, -0.1) is 0 Å². The van der Waals surface area contributed by atoms with Gasteiger partial charge >= 0.3 is 0 Å². The smallest absolute Gasteiger partial charge is 0.111 e. The number of imidazole rings is 1. The summed E-state index contributed by atoms with van der Waals surface area (Å²) in [5.74, 6) is 1.22. The first-order chi connectivity index (χ1) is 8.11. The third-order valence-electron chi connectivity index (χ3n) is 2.82. The van der Waals surface area contributed by atoms with E-state index in [1.54, 1.807) is 0 Å². The molecule has 1 aromatic carbocycles. The Balaban J connectivity index is 2.42. The molecule has 0 saturated carbocycles. The summed E-state index contributed by atoms with van der Waals surface area (Å²) in [6.07, 6.45) is 0. The molecule has 0 saturated heterocycles. The minimum absolute atomic E-state index is 0.259. The molecule has 0 aliphatic rings. The normalized spacial score (nSPS) is 12.7. The molecule has 90 valence electrons. The highest BCUT2D eigenvalue weighted by atomic mass is 79.9. The van der Waals surface area contributed by atoms with Gasteiger partial charge in [0.2, 0.25) is 0 Å². The summed E-state index contributed by atoms with van der Waals surface area (Å²) in [5, 5.41) is 0. The van der Waals surface area contributed by atoms with Gasteiger partial charge in [0.1, 0.15) is 5.82 Å². The van der Waals surface area contributed by atoms with Gasteiger partial charge < -0.3 is 10.7 Å². The molecule has 1 unspecified atom stereocenters. The Bertz CT molecular complexity index is 519. The fraction of sp³-hybridized carbons (Fsp3) is 0.308. The molecular weight excluding hydrogens is 278 g/mol. The van der Waals surface area contributed by atoms with Crippen LogP contribution in [-0.4, -0.2) is 16.5 Å². The average Bonchev–Trinajstić information content (AvgIpc) is 2.70. The minimum atomic E-state index is 0.259. The first kappa shape index (κ1) is 12.3. The highest BCUT2D eigenvalue weighted by Crippen LogP contribution is 2.25. The second kappa shape index (κ2) is 5.02. The fourth-order valence-corrected chi connectivity index (χ4v) is 2.14. The van der Waals surface area contributed by atoms with Crippen molar-refractivity contribution in [1.29, 1.82) is 0 Å². The number of H-pyrrole nitrogens is 1. The maximum absolute atomic E-state index is 5.66. The first-order valence-corrected chi connectivity index (χ1v) is 6.43. The summed E-state index contributed by atoms with van der Waals surface area (Å²) in [5.41, 5.74) is 8.86. The summed E-state index contributed by atoms with van der Waals surface area (Å²) < 4.78 is 1.06.